The van der Waals surface area contributed by atoms with E-state index in [2.05, 4.69) is 16.0 Å². The molecule has 2 amide bonds. The third-order valence-electron chi connectivity index (χ3n) is 4.30. The summed E-state index contributed by atoms with van der Waals surface area (Å²) in [4.78, 5) is 26.0. The maximum Gasteiger partial charge on any atom is 0.419 e. The average molecular weight is 390 g/mol. The van der Waals surface area contributed by atoms with Crippen LogP contribution in [0.3, 0.4) is 0 Å². The molecule has 1 aromatic carbocycles. The first-order valence-corrected chi connectivity index (χ1v) is 8.41. The van der Waals surface area contributed by atoms with E-state index >= 15 is 0 Å². The van der Waals surface area contributed by atoms with Crippen LogP contribution in [0.5, 0.6) is 0 Å². The molecule has 0 aromatic heterocycles. The van der Waals surface area contributed by atoms with Crippen molar-refractivity contribution in [3.05, 3.63) is 35.1 Å². The molecule has 1 heterocycles. The van der Waals surface area contributed by atoms with Crippen molar-refractivity contribution >= 4 is 11.8 Å². The summed E-state index contributed by atoms with van der Waals surface area (Å²) in [6.07, 6.45) is -5.04. The standard InChI is InChI=1S/C17H22F4N4O2/c1-4-12(9-5-6-10(11(18)7-9)17(19,20)21)22-15(27)13-8-14(26)24-16(23-13)25(2)3/h5-7,12-13,16,23H,4,8H2,1-3H3,(H,22,27)(H,24,26)/t12-,13?,16?/m1/s1. The summed E-state index contributed by atoms with van der Waals surface area (Å²) >= 11 is 0. The minimum Gasteiger partial charge on any atom is -0.348 e. The first kappa shape index (κ1) is 21.1. The summed E-state index contributed by atoms with van der Waals surface area (Å²) in [5.74, 6) is -2.18. The molecule has 10 heteroatoms. The molecule has 0 saturated carbocycles. The van der Waals surface area contributed by atoms with E-state index in [1.807, 2.05) is 0 Å². The Labute approximate surface area is 154 Å². The van der Waals surface area contributed by atoms with E-state index in [-0.39, 0.29) is 17.9 Å². The van der Waals surface area contributed by atoms with Crippen molar-refractivity contribution in [1.82, 2.24) is 20.9 Å². The largest absolute Gasteiger partial charge is 0.419 e. The van der Waals surface area contributed by atoms with Crippen molar-refractivity contribution in [2.75, 3.05) is 14.1 Å². The van der Waals surface area contributed by atoms with Gasteiger partial charge in [0.25, 0.3) is 0 Å². The molecule has 150 valence electrons. The molecule has 1 aliphatic heterocycles. The third kappa shape index (κ3) is 5.16. The van der Waals surface area contributed by atoms with Crippen molar-refractivity contribution in [2.24, 2.45) is 0 Å². The molecule has 2 unspecified atom stereocenters. The second-order valence-corrected chi connectivity index (χ2v) is 6.56. The van der Waals surface area contributed by atoms with Crippen molar-refractivity contribution in [2.45, 2.75) is 44.3 Å². The van der Waals surface area contributed by atoms with Gasteiger partial charge in [-0.25, -0.2) is 4.39 Å². The average Bonchev–Trinajstić information content (AvgIpc) is 2.57. The topological polar surface area (TPSA) is 73.5 Å². The molecule has 0 radical (unpaired) electrons. The summed E-state index contributed by atoms with van der Waals surface area (Å²) in [5.41, 5.74) is -1.13. The van der Waals surface area contributed by atoms with Crippen LogP contribution in [0, 0.1) is 5.82 Å². The highest BCUT2D eigenvalue weighted by Gasteiger charge is 2.35. The van der Waals surface area contributed by atoms with E-state index in [1.165, 1.54) is 0 Å². The van der Waals surface area contributed by atoms with Gasteiger partial charge >= 0.3 is 6.18 Å². The fraction of sp³-hybridized carbons (Fsp3) is 0.529. The Morgan fingerprint density at radius 1 is 1.37 bits per heavy atom. The van der Waals surface area contributed by atoms with E-state index < -0.39 is 41.8 Å². The molecule has 3 N–H and O–H groups in total. The first-order valence-electron chi connectivity index (χ1n) is 8.41. The number of benzene rings is 1. The van der Waals surface area contributed by atoms with Crippen LogP contribution in [0.4, 0.5) is 17.6 Å². The smallest absolute Gasteiger partial charge is 0.348 e. The van der Waals surface area contributed by atoms with Crippen LogP contribution in [-0.2, 0) is 15.8 Å². The summed E-state index contributed by atoms with van der Waals surface area (Å²) < 4.78 is 51.9. The molecule has 1 aromatic rings. The molecule has 1 saturated heterocycles. The van der Waals surface area contributed by atoms with Gasteiger partial charge in [0.1, 0.15) is 12.1 Å². The lowest BCUT2D eigenvalue weighted by Crippen LogP contribution is -2.65. The minimum atomic E-state index is -4.78. The monoisotopic (exact) mass is 390 g/mol. The molecule has 0 aliphatic carbocycles. The molecule has 6 nitrogen and oxygen atoms in total. The van der Waals surface area contributed by atoms with Crippen LogP contribution >= 0.6 is 0 Å². The lowest BCUT2D eigenvalue weighted by atomic mass is 10.0. The minimum absolute atomic E-state index is 0.0754. The van der Waals surface area contributed by atoms with Crippen LogP contribution in [0.15, 0.2) is 18.2 Å². The number of alkyl halides is 3. The van der Waals surface area contributed by atoms with E-state index in [1.54, 1.807) is 25.9 Å². The van der Waals surface area contributed by atoms with Gasteiger partial charge in [0.15, 0.2) is 0 Å². The Kier molecular flexibility index (Phi) is 6.42. The molecule has 3 atom stereocenters. The van der Waals surface area contributed by atoms with Crippen LogP contribution < -0.4 is 16.0 Å². The van der Waals surface area contributed by atoms with Crippen molar-refractivity contribution in [3.8, 4) is 0 Å². The van der Waals surface area contributed by atoms with Crippen molar-refractivity contribution in [3.63, 3.8) is 0 Å². The van der Waals surface area contributed by atoms with E-state index in [0.29, 0.717) is 12.5 Å². The van der Waals surface area contributed by atoms with Crippen LogP contribution in [0.2, 0.25) is 0 Å². The van der Waals surface area contributed by atoms with E-state index in [9.17, 15) is 27.2 Å². The maximum absolute atomic E-state index is 13.8. The number of halogens is 4. The van der Waals surface area contributed by atoms with Crippen LogP contribution in [-0.4, -0.2) is 43.1 Å². The van der Waals surface area contributed by atoms with Crippen molar-refractivity contribution in [1.29, 1.82) is 0 Å². The number of amides is 2. The Balaban J connectivity index is 2.13. The zero-order chi connectivity index (χ0) is 20.4. The lowest BCUT2D eigenvalue weighted by Gasteiger charge is -2.35. The zero-order valence-electron chi connectivity index (χ0n) is 15.2. The molecular formula is C17H22F4N4O2. The van der Waals surface area contributed by atoms with E-state index in [4.69, 9.17) is 0 Å². The number of carbonyl (C=O) groups is 2. The quantitative estimate of drug-likeness (QED) is 0.670. The predicted octanol–water partition coefficient (Wildman–Crippen LogP) is 1.74. The molecule has 1 fully saturated rings. The Morgan fingerprint density at radius 3 is 2.56 bits per heavy atom. The van der Waals surface area contributed by atoms with Crippen LogP contribution in [0.25, 0.3) is 0 Å². The van der Waals surface area contributed by atoms with Gasteiger partial charge in [-0.3, -0.25) is 19.8 Å². The first-order chi connectivity index (χ1) is 12.5. The fourth-order valence-corrected chi connectivity index (χ4v) is 2.81. The number of hydrogen-bond donors (Lipinski definition) is 3. The molecule has 0 spiro atoms. The van der Waals surface area contributed by atoms with Gasteiger partial charge in [-0.15, -0.1) is 0 Å². The molecular weight excluding hydrogens is 368 g/mol. The summed E-state index contributed by atoms with van der Waals surface area (Å²) in [6.45, 7) is 1.71. The second kappa shape index (κ2) is 8.22. The SMILES string of the molecule is CC[C@@H](NC(=O)C1CC(=O)NC(N(C)C)N1)c1ccc(C(F)(F)F)c(F)c1. The van der Waals surface area contributed by atoms with Gasteiger partial charge in [0.2, 0.25) is 11.8 Å². The summed E-state index contributed by atoms with van der Waals surface area (Å²) in [5, 5.41) is 8.30. The second-order valence-electron chi connectivity index (χ2n) is 6.56. The third-order valence-corrected chi connectivity index (χ3v) is 4.30. The van der Waals surface area contributed by atoms with Crippen molar-refractivity contribution < 1.29 is 27.2 Å². The Hall–Kier alpha value is -2.20. The van der Waals surface area contributed by atoms with Gasteiger partial charge in [-0.2, -0.15) is 13.2 Å². The predicted molar refractivity (Wildman–Crippen MR) is 89.7 cm³/mol. The molecule has 2 rings (SSSR count). The Morgan fingerprint density at radius 2 is 2.04 bits per heavy atom. The van der Waals surface area contributed by atoms with Crippen LogP contribution in [0.1, 0.15) is 36.9 Å². The molecule has 1 aliphatic rings. The fourth-order valence-electron chi connectivity index (χ4n) is 2.81. The van der Waals surface area contributed by atoms with Gasteiger partial charge in [0.05, 0.1) is 24.1 Å². The number of carbonyl (C=O) groups excluding carboxylic acids is 2. The summed E-state index contributed by atoms with van der Waals surface area (Å²) in [6, 6.07) is 1.09. The molecule has 0 bridgehead atoms. The highest BCUT2D eigenvalue weighted by Crippen LogP contribution is 2.32. The zero-order valence-corrected chi connectivity index (χ0v) is 15.2. The normalized spacial score (nSPS) is 21.7. The maximum atomic E-state index is 13.8. The number of nitrogens with zero attached hydrogens (tertiary/aromatic N) is 1. The van der Waals surface area contributed by atoms with Gasteiger partial charge < -0.3 is 10.6 Å². The van der Waals surface area contributed by atoms with Gasteiger partial charge in [0, 0.05) is 0 Å². The Bertz CT molecular complexity index is 709. The highest BCUT2D eigenvalue weighted by atomic mass is 19.4. The number of nitrogens with one attached hydrogen (secondary N) is 3. The lowest BCUT2D eigenvalue weighted by molar-refractivity contribution is -0.140. The number of hydrogen-bond acceptors (Lipinski definition) is 4. The summed E-state index contributed by atoms with van der Waals surface area (Å²) in [7, 11) is 3.44. The highest BCUT2D eigenvalue weighted by molar-refractivity contribution is 5.89. The molecule has 27 heavy (non-hydrogen) atoms. The van der Waals surface area contributed by atoms with Gasteiger partial charge in [-0.05, 0) is 38.2 Å². The number of rotatable bonds is 5. The van der Waals surface area contributed by atoms with Gasteiger partial charge in [-0.1, -0.05) is 13.0 Å². The van der Waals surface area contributed by atoms with E-state index in [0.717, 1.165) is 12.1 Å².